The quantitative estimate of drug-likeness (QED) is 0.0320. The summed E-state index contributed by atoms with van der Waals surface area (Å²) < 4.78 is 5.51. The third kappa shape index (κ3) is 79.1. The number of unbranched alkanes of at least 4 members (excludes halogenated alkanes) is 67. The Morgan fingerprint density at radius 2 is 0.532 bits per heavy atom. The highest BCUT2D eigenvalue weighted by molar-refractivity contribution is 5.76. The third-order valence-corrected chi connectivity index (χ3v) is 20.4. The van der Waals surface area contributed by atoms with Gasteiger partial charge in [0.25, 0.3) is 0 Å². The first-order valence-corrected chi connectivity index (χ1v) is 43.3. The maximum Gasteiger partial charge on any atom is 0.305 e. The Labute approximate surface area is 589 Å². The van der Waals surface area contributed by atoms with E-state index in [4.69, 9.17) is 4.74 Å². The van der Waals surface area contributed by atoms with Crippen LogP contribution in [-0.4, -0.2) is 47.4 Å². The maximum atomic E-state index is 12.6. The molecular weight excluding hydrogens is 1150 g/mol. The summed E-state index contributed by atoms with van der Waals surface area (Å²) in [5.74, 6) is -0.0406. The average Bonchev–Trinajstić information content (AvgIpc) is 3.79. The molecule has 0 aromatic rings. The lowest BCUT2D eigenvalue weighted by molar-refractivity contribution is -0.143. The van der Waals surface area contributed by atoms with Crippen LogP contribution in [0.15, 0.2) is 36.5 Å². The molecule has 6 nitrogen and oxygen atoms in total. The van der Waals surface area contributed by atoms with Gasteiger partial charge in [-0.3, -0.25) is 9.59 Å². The van der Waals surface area contributed by atoms with Gasteiger partial charge in [0.1, 0.15) is 0 Å². The molecule has 0 rings (SSSR count). The molecule has 0 aliphatic heterocycles. The van der Waals surface area contributed by atoms with Crippen LogP contribution < -0.4 is 5.32 Å². The third-order valence-electron chi connectivity index (χ3n) is 20.4. The second-order valence-corrected chi connectivity index (χ2v) is 29.9. The summed E-state index contributed by atoms with van der Waals surface area (Å²) in [6, 6.07) is -0.625. The molecule has 0 bridgehead atoms. The maximum absolute atomic E-state index is 12.6. The number of hydrogen-bond acceptors (Lipinski definition) is 5. The van der Waals surface area contributed by atoms with Crippen molar-refractivity contribution in [3.63, 3.8) is 0 Å². The molecule has 0 saturated heterocycles. The summed E-state index contributed by atoms with van der Waals surface area (Å²) >= 11 is 0. The van der Waals surface area contributed by atoms with Crippen LogP contribution in [0.5, 0.6) is 0 Å². The van der Waals surface area contributed by atoms with Gasteiger partial charge in [0.2, 0.25) is 5.91 Å². The van der Waals surface area contributed by atoms with E-state index in [9.17, 15) is 19.8 Å². The highest BCUT2D eigenvalue weighted by Crippen LogP contribution is 2.21. The number of carbonyl (C=O) groups is 2. The Balaban J connectivity index is 3.33. The van der Waals surface area contributed by atoms with Crippen LogP contribution in [0.3, 0.4) is 0 Å². The summed E-state index contributed by atoms with van der Waals surface area (Å²) in [6.07, 6.45) is 110. The van der Waals surface area contributed by atoms with Crippen LogP contribution in [0.1, 0.15) is 489 Å². The van der Waals surface area contributed by atoms with Crippen molar-refractivity contribution < 1.29 is 24.5 Å². The topological polar surface area (TPSA) is 95.9 Å². The molecule has 2 atom stereocenters. The van der Waals surface area contributed by atoms with E-state index in [2.05, 4.69) is 43.5 Å². The molecule has 0 fully saturated rings. The van der Waals surface area contributed by atoms with Crippen molar-refractivity contribution in [3.05, 3.63) is 36.5 Å². The molecule has 0 aliphatic carbocycles. The lowest BCUT2D eigenvalue weighted by Gasteiger charge is -2.20. The minimum absolute atomic E-state index is 0.0163. The van der Waals surface area contributed by atoms with Crippen molar-refractivity contribution in [2.24, 2.45) is 0 Å². The van der Waals surface area contributed by atoms with Crippen LogP contribution in [0.25, 0.3) is 0 Å². The fourth-order valence-electron chi connectivity index (χ4n) is 13.8. The van der Waals surface area contributed by atoms with Crippen LogP contribution >= 0.6 is 0 Å². The van der Waals surface area contributed by atoms with Gasteiger partial charge in [0.05, 0.1) is 25.4 Å². The first-order chi connectivity index (χ1) is 46.5. The number of aliphatic hydroxyl groups excluding tert-OH is 2. The highest BCUT2D eigenvalue weighted by atomic mass is 16.5. The van der Waals surface area contributed by atoms with Crippen molar-refractivity contribution in [1.29, 1.82) is 0 Å². The Hall–Kier alpha value is -1.92. The summed E-state index contributed by atoms with van der Waals surface area (Å²) in [7, 11) is 0. The van der Waals surface area contributed by atoms with E-state index in [1.165, 1.54) is 411 Å². The predicted molar refractivity (Wildman–Crippen MR) is 416 cm³/mol. The first-order valence-electron chi connectivity index (χ1n) is 43.3. The average molecular weight is 1320 g/mol. The van der Waals surface area contributed by atoms with E-state index in [1.54, 1.807) is 6.08 Å². The largest absolute Gasteiger partial charge is 0.466 e. The second kappa shape index (κ2) is 83.5. The van der Waals surface area contributed by atoms with Crippen molar-refractivity contribution in [2.75, 3.05) is 13.2 Å². The van der Waals surface area contributed by atoms with E-state index in [0.717, 1.165) is 51.4 Å². The van der Waals surface area contributed by atoms with Gasteiger partial charge in [-0.25, -0.2) is 0 Å². The normalized spacial score (nSPS) is 12.6. The Morgan fingerprint density at radius 1 is 0.298 bits per heavy atom. The standard InChI is InChI=1S/C88H169NO5/c1-3-5-7-9-11-13-15-17-19-21-22-23-39-42-45-49-52-56-60-64-68-72-76-80-86(91)85(84-90)89-87(92)81-77-73-69-65-61-57-53-50-46-43-40-37-35-33-31-29-27-25-24-26-28-30-32-34-36-38-41-44-47-51-55-59-63-67-71-75-79-83-94-88(93)82-78-74-70-66-62-58-54-48-20-18-16-14-12-10-8-6-4-2/h12,14,18,20,76,80,85-86,90-91H,3-11,13,15-17,19,21-75,77-79,81-84H2,1-2H3,(H,89,92)/b14-12-,20-18-,80-76+. The number of rotatable bonds is 82. The summed E-state index contributed by atoms with van der Waals surface area (Å²) in [6.45, 7) is 4.93. The number of nitrogens with one attached hydrogen (secondary N) is 1. The molecule has 0 aromatic heterocycles. The highest BCUT2D eigenvalue weighted by Gasteiger charge is 2.18. The summed E-state index contributed by atoms with van der Waals surface area (Å²) in [5, 5.41) is 23.3. The van der Waals surface area contributed by atoms with Gasteiger partial charge in [0.15, 0.2) is 0 Å². The first kappa shape index (κ1) is 92.1. The molecule has 2 unspecified atom stereocenters. The minimum Gasteiger partial charge on any atom is -0.466 e. The molecule has 0 radical (unpaired) electrons. The van der Waals surface area contributed by atoms with Gasteiger partial charge < -0.3 is 20.3 Å². The lowest BCUT2D eigenvalue weighted by atomic mass is 10.0. The molecule has 556 valence electrons. The number of hydrogen-bond donors (Lipinski definition) is 3. The van der Waals surface area contributed by atoms with Crippen LogP contribution in [0.2, 0.25) is 0 Å². The van der Waals surface area contributed by atoms with Gasteiger partial charge in [0, 0.05) is 12.8 Å². The van der Waals surface area contributed by atoms with Gasteiger partial charge >= 0.3 is 5.97 Å². The molecule has 0 saturated carbocycles. The van der Waals surface area contributed by atoms with E-state index in [1.807, 2.05) is 6.08 Å². The molecule has 0 heterocycles. The summed E-state index contributed by atoms with van der Waals surface area (Å²) in [4.78, 5) is 24.7. The smallest absolute Gasteiger partial charge is 0.305 e. The number of aliphatic hydroxyl groups is 2. The zero-order valence-corrected chi connectivity index (χ0v) is 64.0. The van der Waals surface area contributed by atoms with Crippen LogP contribution in [-0.2, 0) is 14.3 Å². The zero-order chi connectivity index (χ0) is 67.7. The van der Waals surface area contributed by atoms with Gasteiger partial charge in [-0.05, 0) is 64.2 Å². The minimum atomic E-state index is -0.842. The van der Waals surface area contributed by atoms with Crippen LogP contribution in [0, 0.1) is 0 Å². The van der Waals surface area contributed by atoms with Crippen molar-refractivity contribution in [3.8, 4) is 0 Å². The molecule has 0 aliphatic rings. The molecular formula is C88H169NO5. The predicted octanol–water partition coefficient (Wildman–Crippen LogP) is 28.9. The van der Waals surface area contributed by atoms with E-state index < -0.39 is 12.1 Å². The van der Waals surface area contributed by atoms with Crippen molar-refractivity contribution in [1.82, 2.24) is 5.32 Å². The number of amides is 1. The molecule has 1 amide bonds. The zero-order valence-electron chi connectivity index (χ0n) is 64.0. The molecule has 94 heavy (non-hydrogen) atoms. The number of allylic oxidation sites excluding steroid dienone is 5. The molecule has 0 spiro atoms. The Bertz CT molecular complexity index is 1520. The van der Waals surface area contributed by atoms with Crippen molar-refractivity contribution in [2.45, 2.75) is 501 Å². The Morgan fingerprint density at radius 3 is 0.830 bits per heavy atom. The Kier molecular flexibility index (Phi) is 81.8. The van der Waals surface area contributed by atoms with Crippen LogP contribution in [0.4, 0.5) is 0 Å². The van der Waals surface area contributed by atoms with E-state index in [0.29, 0.717) is 19.4 Å². The summed E-state index contributed by atoms with van der Waals surface area (Å²) in [5.41, 5.74) is 0. The SMILES string of the molecule is CCCCC/C=C\C/C=C\CCCCCCCCCC(=O)OCCCCCCCCCCCCCCCCCCCCCCCCCCCCCCCCCCCCCCCC(=O)NC(CO)C(O)/C=C/CCCCCCCCCCCCCCCCCCCCCCC. The van der Waals surface area contributed by atoms with Gasteiger partial charge in [-0.2, -0.15) is 0 Å². The van der Waals surface area contributed by atoms with Crippen molar-refractivity contribution >= 4 is 11.9 Å². The number of carbonyl (C=O) groups excluding carboxylic acids is 2. The fraction of sp³-hybridized carbons (Fsp3) is 0.909. The lowest BCUT2D eigenvalue weighted by Crippen LogP contribution is -2.45. The number of ether oxygens (including phenoxy) is 1. The monoisotopic (exact) mass is 1320 g/mol. The molecule has 3 N–H and O–H groups in total. The second-order valence-electron chi connectivity index (χ2n) is 29.9. The van der Waals surface area contributed by atoms with Gasteiger partial charge in [-0.1, -0.05) is 448 Å². The number of esters is 1. The van der Waals surface area contributed by atoms with Gasteiger partial charge in [-0.15, -0.1) is 0 Å². The molecule has 6 heteroatoms. The fourth-order valence-corrected chi connectivity index (χ4v) is 13.8. The van der Waals surface area contributed by atoms with E-state index >= 15 is 0 Å². The molecule has 0 aromatic carbocycles. The van der Waals surface area contributed by atoms with E-state index in [-0.39, 0.29) is 18.5 Å².